The van der Waals surface area contributed by atoms with Gasteiger partial charge in [-0.3, -0.25) is 9.59 Å². The lowest BCUT2D eigenvalue weighted by Crippen LogP contribution is -2.28. The standard InChI is InChI=1S/C12H20O5/c1-5-9(15-4)8-10(11(13)16-6-2)12(14)17-7-3/h5,10H,6-8H2,1-4H3/b9-5+. The van der Waals surface area contributed by atoms with Crippen LogP contribution >= 0.6 is 0 Å². The average Bonchev–Trinajstić information content (AvgIpc) is 2.31. The molecule has 0 saturated carbocycles. The number of allylic oxidation sites excluding steroid dienone is 2. The van der Waals surface area contributed by atoms with Gasteiger partial charge in [-0.25, -0.2) is 0 Å². The van der Waals surface area contributed by atoms with E-state index in [1.54, 1.807) is 26.8 Å². The van der Waals surface area contributed by atoms with Crippen LogP contribution in [0.2, 0.25) is 0 Å². The van der Waals surface area contributed by atoms with Gasteiger partial charge in [-0.15, -0.1) is 0 Å². The maximum absolute atomic E-state index is 11.6. The minimum Gasteiger partial charge on any atom is -0.501 e. The first-order chi connectivity index (χ1) is 8.10. The summed E-state index contributed by atoms with van der Waals surface area (Å²) < 4.78 is 14.7. The van der Waals surface area contributed by atoms with Crippen molar-refractivity contribution in [3.05, 3.63) is 11.8 Å². The maximum Gasteiger partial charge on any atom is 0.320 e. The van der Waals surface area contributed by atoms with E-state index in [2.05, 4.69) is 0 Å². The zero-order chi connectivity index (χ0) is 13.3. The van der Waals surface area contributed by atoms with Crippen LogP contribution < -0.4 is 0 Å². The Balaban J connectivity index is 4.72. The first kappa shape index (κ1) is 15.5. The average molecular weight is 244 g/mol. The second-order valence-electron chi connectivity index (χ2n) is 3.22. The predicted octanol–water partition coefficient (Wildman–Crippen LogP) is 1.67. The number of carbonyl (C=O) groups excluding carboxylic acids is 2. The summed E-state index contributed by atoms with van der Waals surface area (Å²) in [6, 6.07) is 0. The molecule has 0 amide bonds. The molecule has 0 fully saturated rings. The lowest BCUT2D eigenvalue weighted by atomic mass is 10.0. The normalized spacial score (nSPS) is 11.2. The molecule has 0 aromatic heterocycles. The molecule has 5 heteroatoms. The number of methoxy groups -OCH3 is 1. The van der Waals surface area contributed by atoms with Crippen molar-refractivity contribution in [2.45, 2.75) is 27.2 Å². The maximum atomic E-state index is 11.6. The number of hydrogen-bond donors (Lipinski definition) is 0. The van der Waals surface area contributed by atoms with Gasteiger partial charge in [0.05, 0.1) is 26.1 Å². The van der Waals surface area contributed by atoms with Gasteiger partial charge in [0.2, 0.25) is 0 Å². The summed E-state index contributed by atoms with van der Waals surface area (Å²) in [5.74, 6) is -1.57. The van der Waals surface area contributed by atoms with Crippen molar-refractivity contribution in [3.8, 4) is 0 Å². The van der Waals surface area contributed by atoms with Gasteiger partial charge in [-0.05, 0) is 26.8 Å². The van der Waals surface area contributed by atoms with Crippen molar-refractivity contribution in [1.82, 2.24) is 0 Å². The molecule has 0 saturated heterocycles. The van der Waals surface area contributed by atoms with Crippen LogP contribution in [0.5, 0.6) is 0 Å². The van der Waals surface area contributed by atoms with E-state index in [0.29, 0.717) is 5.76 Å². The fourth-order valence-corrected chi connectivity index (χ4v) is 1.27. The van der Waals surface area contributed by atoms with E-state index in [0.717, 1.165) is 0 Å². The van der Waals surface area contributed by atoms with E-state index in [9.17, 15) is 9.59 Å². The Morgan fingerprint density at radius 3 is 1.88 bits per heavy atom. The van der Waals surface area contributed by atoms with Crippen LogP contribution in [0.15, 0.2) is 11.8 Å². The number of ether oxygens (including phenoxy) is 3. The van der Waals surface area contributed by atoms with Crippen molar-refractivity contribution in [3.63, 3.8) is 0 Å². The molecule has 0 rings (SSSR count). The summed E-state index contributed by atoms with van der Waals surface area (Å²) in [6.07, 6.45) is 1.86. The Labute approximate surface area is 102 Å². The molecule has 0 aliphatic rings. The molecule has 98 valence electrons. The van der Waals surface area contributed by atoms with Crippen molar-refractivity contribution >= 4 is 11.9 Å². The lowest BCUT2D eigenvalue weighted by molar-refractivity contribution is -0.161. The molecular formula is C12H20O5. The van der Waals surface area contributed by atoms with Crippen molar-refractivity contribution in [1.29, 1.82) is 0 Å². The molecule has 5 nitrogen and oxygen atoms in total. The summed E-state index contributed by atoms with van der Waals surface area (Å²) in [5, 5.41) is 0. The molecule has 0 atom stereocenters. The van der Waals surface area contributed by atoms with E-state index < -0.39 is 17.9 Å². The first-order valence-electron chi connectivity index (χ1n) is 5.63. The van der Waals surface area contributed by atoms with Gasteiger partial charge in [-0.1, -0.05) is 0 Å². The number of carbonyl (C=O) groups is 2. The molecule has 0 radical (unpaired) electrons. The molecule has 0 bridgehead atoms. The zero-order valence-corrected chi connectivity index (χ0v) is 10.8. The Hall–Kier alpha value is -1.52. The fraction of sp³-hybridized carbons (Fsp3) is 0.667. The lowest BCUT2D eigenvalue weighted by Gasteiger charge is -2.15. The summed E-state index contributed by atoms with van der Waals surface area (Å²) in [5.41, 5.74) is 0. The molecule has 0 aliphatic carbocycles. The summed E-state index contributed by atoms with van der Waals surface area (Å²) in [6.45, 7) is 5.60. The third kappa shape index (κ3) is 5.38. The van der Waals surface area contributed by atoms with Crippen LogP contribution in [0.4, 0.5) is 0 Å². The van der Waals surface area contributed by atoms with Crippen LogP contribution in [0, 0.1) is 5.92 Å². The molecule has 0 N–H and O–H groups in total. The smallest absolute Gasteiger partial charge is 0.320 e. The molecule has 0 unspecified atom stereocenters. The molecule has 0 spiro atoms. The van der Waals surface area contributed by atoms with Gasteiger partial charge in [0.15, 0.2) is 5.92 Å². The third-order valence-corrected chi connectivity index (χ3v) is 2.13. The van der Waals surface area contributed by atoms with Gasteiger partial charge >= 0.3 is 11.9 Å². The minimum absolute atomic E-state index is 0.157. The van der Waals surface area contributed by atoms with Gasteiger partial charge in [-0.2, -0.15) is 0 Å². The molecule has 0 aromatic carbocycles. The van der Waals surface area contributed by atoms with Crippen molar-refractivity contribution < 1.29 is 23.8 Å². The Bertz CT molecular complexity index is 265. The van der Waals surface area contributed by atoms with Crippen LogP contribution in [0.3, 0.4) is 0 Å². The third-order valence-electron chi connectivity index (χ3n) is 2.13. The van der Waals surface area contributed by atoms with E-state index in [-0.39, 0.29) is 19.6 Å². The second-order valence-corrected chi connectivity index (χ2v) is 3.22. The molecule has 0 heterocycles. The number of hydrogen-bond acceptors (Lipinski definition) is 5. The first-order valence-corrected chi connectivity index (χ1v) is 5.63. The van der Waals surface area contributed by atoms with Crippen molar-refractivity contribution in [2.75, 3.05) is 20.3 Å². The quantitative estimate of drug-likeness (QED) is 0.387. The van der Waals surface area contributed by atoms with Crippen LogP contribution in [0.25, 0.3) is 0 Å². The number of esters is 2. The molecule has 17 heavy (non-hydrogen) atoms. The summed E-state index contributed by atoms with van der Waals surface area (Å²) >= 11 is 0. The van der Waals surface area contributed by atoms with Crippen LogP contribution in [0.1, 0.15) is 27.2 Å². The van der Waals surface area contributed by atoms with Gasteiger partial charge in [0.1, 0.15) is 0 Å². The largest absolute Gasteiger partial charge is 0.501 e. The Morgan fingerprint density at radius 1 is 1.12 bits per heavy atom. The molecule has 0 aromatic rings. The summed E-state index contributed by atoms with van der Waals surface area (Å²) in [4.78, 5) is 23.2. The van der Waals surface area contributed by atoms with Gasteiger partial charge < -0.3 is 14.2 Å². The highest BCUT2D eigenvalue weighted by atomic mass is 16.6. The number of rotatable bonds is 7. The fourth-order valence-electron chi connectivity index (χ4n) is 1.27. The minimum atomic E-state index is -0.957. The van der Waals surface area contributed by atoms with E-state index >= 15 is 0 Å². The topological polar surface area (TPSA) is 61.8 Å². The molecular weight excluding hydrogens is 224 g/mol. The SMILES string of the molecule is C/C=C(\CC(C(=O)OCC)C(=O)OCC)OC. The monoisotopic (exact) mass is 244 g/mol. The van der Waals surface area contributed by atoms with E-state index in [1.807, 2.05) is 0 Å². The second kappa shape index (κ2) is 8.61. The Kier molecular flexibility index (Phi) is 7.84. The predicted molar refractivity (Wildman–Crippen MR) is 62.1 cm³/mol. The van der Waals surface area contributed by atoms with Crippen LogP contribution in [-0.4, -0.2) is 32.3 Å². The Morgan fingerprint density at radius 2 is 1.59 bits per heavy atom. The van der Waals surface area contributed by atoms with E-state index in [4.69, 9.17) is 14.2 Å². The summed E-state index contributed by atoms with van der Waals surface area (Å²) in [7, 11) is 1.49. The highest BCUT2D eigenvalue weighted by molar-refractivity contribution is 5.95. The van der Waals surface area contributed by atoms with Gasteiger partial charge in [0, 0.05) is 6.42 Å². The van der Waals surface area contributed by atoms with E-state index in [1.165, 1.54) is 7.11 Å². The van der Waals surface area contributed by atoms with Crippen molar-refractivity contribution in [2.24, 2.45) is 5.92 Å². The highest BCUT2D eigenvalue weighted by Crippen LogP contribution is 2.16. The highest BCUT2D eigenvalue weighted by Gasteiger charge is 2.30. The van der Waals surface area contributed by atoms with Crippen LogP contribution in [-0.2, 0) is 23.8 Å². The zero-order valence-electron chi connectivity index (χ0n) is 10.8. The van der Waals surface area contributed by atoms with Gasteiger partial charge in [0.25, 0.3) is 0 Å². The molecule has 0 aliphatic heterocycles.